The van der Waals surface area contributed by atoms with Crippen molar-refractivity contribution in [1.29, 1.82) is 5.26 Å². The quantitative estimate of drug-likeness (QED) is 0.642. The van der Waals surface area contributed by atoms with Crippen molar-refractivity contribution in [3.05, 3.63) is 35.2 Å². The van der Waals surface area contributed by atoms with Crippen LogP contribution in [-0.4, -0.2) is 17.8 Å². The highest BCUT2D eigenvalue weighted by molar-refractivity contribution is 7.14. The Morgan fingerprint density at radius 1 is 1.47 bits per heavy atom. The van der Waals surface area contributed by atoms with Gasteiger partial charge in [-0.3, -0.25) is 5.43 Å². The summed E-state index contributed by atoms with van der Waals surface area (Å²) in [7, 11) is 0. The number of hydrazone groups is 1. The summed E-state index contributed by atoms with van der Waals surface area (Å²) in [6.45, 7) is 0.0421. The van der Waals surface area contributed by atoms with E-state index in [2.05, 4.69) is 15.5 Å². The maximum atomic E-state index is 8.39. The highest BCUT2D eigenvalue weighted by Gasteiger charge is 1.96. The van der Waals surface area contributed by atoms with E-state index in [1.165, 1.54) is 11.3 Å². The first kappa shape index (κ1) is 12.9. The minimum absolute atomic E-state index is 0.0421. The van der Waals surface area contributed by atoms with Crippen LogP contribution in [0.1, 0.15) is 5.56 Å². The van der Waals surface area contributed by atoms with Crippen LogP contribution in [-0.2, 0) is 0 Å². The van der Waals surface area contributed by atoms with Crippen LogP contribution in [0.4, 0.5) is 10.9 Å². The van der Waals surface area contributed by atoms with Gasteiger partial charge in [-0.05, 0) is 29.8 Å². The van der Waals surface area contributed by atoms with Gasteiger partial charge in [0, 0.05) is 5.38 Å². The molecule has 3 N–H and O–H groups in total. The molecule has 19 heavy (non-hydrogen) atoms. The van der Waals surface area contributed by atoms with E-state index in [1.807, 2.05) is 18.2 Å². The molecule has 0 atom stereocenters. The van der Waals surface area contributed by atoms with Crippen molar-refractivity contribution in [2.24, 2.45) is 5.10 Å². The smallest absolute Gasteiger partial charge is 0.205 e. The van der Waals surface area contributed by atoms with E-state index < -0.39 is 0 Å². The summed E-state index contributed by atoms with van der Waals surface area (Å²) in [5.74, 6) is 1.13. The molecule has 0 saturated heterocycles. The average molecular weight is 273 g/mol. The van der Waals surface area contributed by atoms with Gasteiger partial charge >= 0.3 is 0 Å². The number of anilines is 2. The molecule has 0 amide bonds. The number of benzene rings is 1. The number of nitriles is 1. The van der Waals surface area contributed by atoms with Crippen molar-refractivity contribution < 1.29 is 4.74 Å². The fourth-order valence-electron chi connectivity index (χ4n) is 1.27. The topological polar surface area (TPSA) is 96.3 Å². The zero-order chi connectivity index (χ0) is 13.5. The summed E-state index contributed by atoms with van der Waals surface area (Å²) in [6, 6.07) is 9.15. The molecule has 6 nitrogen and oxygen atoms in total. The standard InChI is InChI=1S/C12H11N5OS/c13-5-6-18-10-3-1-9(2-4-10)7-15-17-12-16-11(14)8-19-12/h1-4,7-8H,6,14H2,(H,16,17). The zero-order valence-corrected chi connectivity index (χ0v) is 10.7. The van der Waals surface area contributed by atoms with Gasteiger partial charge in [-0.25, -0.2) is 4.98 Å². The zero-order valence-electron chi connectivity index (χ0n) is 9.91. The lowest BCUT2D eigenvalue weighted by Crippen LogP contribution is -1.94. The van der Waals surface area contributed by atoms with Gasteiger partial charge in [0.1, 0.15) is 17.6 Å². The van der Waals surface area contributed by atoms with Crippen LogP contribution in [0.25, 0.3) is 0 Å². The molecule has 0 saturated carbocycles. The molecule has 2 rings (SSSR count). The van der Waals surface area contributed by atoms with Crippen LogP contribution in [0.15, 0.2) is 34.7 Å². The number of nitrogen functional groups attached to an aromatic ring is 1. The third kappa shape index (κ3) is 3.97. The van der Waals surface area contributed by atoms with Crippen molar-refractivity contribution in [2.75, 3.05) is 17.8 Å². The Morgan fingerprint density at radius 2 is 2.26 bits per heavy atom. The van der Waals surface area contributed by atoms with Crippen LogP contribution in [0.3, 0.4) is 0 Å². The molecule has 7 heteroatoms. The molecule has 0 aliphatic rings. The van der Waals surface area contributed by atoms with Crippen LogP contribution >= 0.6 is 11.3 Å². The molecule has 1 aromatic heterocycles. The van der Waals surface area contributed by atoms with Crippen molar-refractivity contribution in [3.8, 4) is 11.8 Å². The monoisotopic (exact) mass is 273 g/mol. The Labute approximate surface area is 114 Å². The van der Waals surface area contributed by atoms with Gasteiger partial charge in [0.2, 0.25) is 5.13 Å². The summed E-state index contributed by atoms with van der Waals surface area (Å²) >= 11 is 1.38. The summed E-state index contributed by atoms with van der Waals surface area (Å²) in [5.41, 5.74) is 9.18. The Bertz CT molecular complexity index is 599. The first-order valence-corrected chi connectivity index (χ1v) is 6.26. The summed E-state index contributed by atoms with van der Waals surface area (Å²) < 4.78 is 5.14. The van der Waals surface area contributed by atoms with Crippen LogP contribution < -0.4 is 15.9 Å². The van der Waals surface area contributed by atoms with Gasteiger partial charge in [-0.15, -0.1) is 11.3 Å². The lowest BCUT2D eigenvalue weighted by Gasteiger charge is -2.00. The number of hydrogen-bond donors (Lipinski definition) is 2. The van der Waals surface area contributed by atoms with Crippen molar-refractivity contribution in [1.82, 2.24) is 4.98 Å². The third-order valence-electron chi connectivity index (χ3n) is 2.08. The molecule has 1 heterocycles. The molecule has 0 bridgehead atoms. The fourth-order valence-corrected chi connectivity index (χ4v) is 1.81. The van der Waals surface area contributed by atoms with Crippen molar-refractivity contribution >= 4 is 28.5 Å². The number of nitrogens with one attached hydrogen (secondary N) is 1. The van der Waals surface area contributed by atoms with Gasteiger partial charge in [-0.2, -0.15) is 10.4 Å². The molecule has 0 spiro atoms. The van der Waals surface area contributed by atoms with Gasteiger partial charge in [0.15, 0.2) is 6.61 Å². The fraction of sp³-hybridized carbons (Fsp3) is 0.0833. The highest BCUT2D eigenvalue weighted by Crippen LogP contribution is 2.16. The number of thiazole rings is 1. The summed E-state index contributed by atoms with van der Waals surface area (Å²) in [5, 5.41) is 14.8. The molecule has 0 unspecified atom stereocenters. The second-order valence-corrected chi connectivity index (χ2v) is 4.32. The number of aromatic nitrogens is 1. The van der Waals surface area contributed by atoms with Gasteiger partial charge < -0.3 is 10.5 Å². The second-order valence-electron chi connectivity index (χ2n) is 3.46. The lowest BCUT2D eigenvalue weighted by atomic mass is 10.2. The normalized spacial score (nSPS) is 10.3. The molecule has 0 aliphatic heterocycles. The Hall–Kier alpha value is -2.59. The minimum Gasteiger partial charge on any atom is -0.479 e. The third-order valence-corrected chi connectivity index (χ3v) is 2.84. The Kier molecular flexibility index (Phi) is 4.31. The molecule has 96 valence electrons. The van der Waals surface area contributed by atoms with Gasteiger partial charge in [0.25, 0.3) is 0 Å². The van der Waals surface area contributed by atoms with Crippen molar-refractivity contribution in [3.63, 3.8) is 0 Å². The second kappa shape index (κ2) is 6.37. The number of nitrogens with two attached hydrogens (primary N) is 1. The Morgan fingerprint density at radius 3 is 2.89 bits per heavy atom. The molecule has 1 aromatic carbocycles. The van der Waals surface area contributed by atoms with E-state index in [4.69, 9.17) is 15.7 Å². The van der Waals surface area contributed by atoms with E-state index >= 15 is 0 Å². The van der Waals surface area contributed by atoms with Crippen molar-refractivity contribution in [2.45, 2.75) is 0 Å². The van der Waals surface area contributed by atoms with Gasteiger partial charge in [-0.1, -0.05) is 0 Å². The summed E-state index contributed by atoms with van der Waals surface area (Å²) in [6.07, 6.45) is 1.66. The predicted molar refractivity (Wildman–Crippen MR) is 75.3 cm³/mol. The summed E-state index contributed by atoms with van der Waals surface area (Å²) in [4.78, 5) is 4.01. The maximum absolute atomic E-state index is 8.39. The largest absolute Gasteiger partial charge is 0.479 e. The van der Waals surface area contributed by atoms with E-state index in [0.29, 0.717) is 16.7 Å². The van der Waals surface area contributed by atoms with Crippen LogP contribution in [0.5, 0.6) is 5.75 Å². The Balaban J connectivity index is 1.90. The SMILES string of the molecule is N#CCOc1ccc(C=NNc2nc(N)cs2)cc1. The molecule has 2 aromatic rings. The molecule has 0 aliphatic carbocycles. The molecular weight excluding hydrogens is 262 g/mol. The van der Waals surface area contributed by atoms with E-state index in [9.17, 15) is 0 Å². The van der Waals surface area contributed by atoms with Crippen LogP contribution in [0, 0.1) is 11.3 Å². The van der Waals surface area contributed by atoms with E-state index in [1.54, 1.807) is 23.7 Å². The maximum Gasteiger partial charge on any atom is 0.205 e. The first-order chi connectivity index (χ1) is 9.28. The van der Waals surface area contributed by atoms with E-state index in [-0.39, 0.29) is 6.61 Å². The number of ether oxygens (including phenoxy) is 1. The van der Waals surface area contributed by atoms with E-state index in [0.717, 1.165) is 5.56 Å². The van der Waals surface area contributed by atoms with Crippen LogP contribution in [0.2, 0.25) is 0 Å². The average Bonchev–Trinajstić information content (AvgIpc) is 2.84. The highest BCUT2D eigenvalue weighted by atomic mass is 32.1. The number of hydrogen-bond acceptors (Lipinski definition) is 7. The minimum atomic E-state index is 0.0421. The number of rotatable bonds is 5. The predicted octanol–water partition coefficient (Wildman–Crippen LogP) is 2.07. The lowest BCUT2D eigenvalue weighted by molar-refractivity contribution is 0.368. The first-order valence-electron chi connectivity index (χ1n) is 5.38. The number of nitrogens with zero attached hydrogens (tertiary/aromatic N) is 3. The van der Waals surface area contributed by atoms with Gasteiger partial charge in [0.05, 0.1) is 6.21 Å². The molecule has 0 radical (unpaired) electrons. The molecule has 0 fully saturated rings. The molecular formula is C12H11N5OS.